The molecule has 0 aromatic rings. The molecule has 0 rings (SSSR count). The quantitative estimate of drug-likeness (QED) is 0.393. The molecule has 0 bridgehead atoms. The normalized spacial score (nSPS) is 12.0. The van der Waals surface area contributed by atoms with Gasteiger partial charge in [0.25, 0.3) is 0 Å². The van der Waals surface area contributed by atoms with Crippen LogP contribution < -0.4 is 0 Å². The summed E-state index contributed by atoms with van der Waals surface area (Å²) in [7, 11) is 10.8. The second-order valence-electron chi connectivity index (χ2n) is 2.37. The van der Waals surface area contributed by atoms with Crippen LogP contribution in [0.1, 0.15) is 0 Å². The summed E-state index contributed by atoms with van der Waals surface area (Å²) in [6.45, 7) is 0. The van der Waals surface area contributed by atoms with Gasteiger partial charge in [-0.3, -0.25) is 9.80 Å². The van der Waals surface area contributed by atoms with E-state index in [1.165, 1.54) is 0 Å². The van der Waals surface area contributed by atoms with Crippen molar-refractivity contribution in [2.45, 2.75) is 6.35 Å². The number of rotatable bonds is 3. The fourth-order valence-corrected chi connectivity index (χ4v) is 1.09. The topological polar surface area (TPSA) is 15.7 Å². The van der Waals surface area contributed by atoms with Gasteiger partial charge in [0.05, 0.1) is 0 Å². The molecule has 0 N–H and O–H groups in total. The van der Waals surface area contributed by atoms with Crippen LogP contribution in [0.4, 0.5) is 0 Å². The minimum atomic E-state index is 0.00154. The molecule has 0 heterocycles. The van der Waals surface area contributed by atoms with E-state index in [1.807, 2.05) is 38.0 Å². The van der Waals surface area contributed by atoms with Crippen LogP contribution >= 0.6 is 0 Å². The lowest BCUT2D eigenvalue weighted by Gasteiger charge is -2.28. The first kappa shape index (κ1) is 9.10. The summed E-state index contributed by atoms with van der Waals surface area (Å²) in [6.07, 6.45) is 0.00154. The van der Waals surface area contributed by atoms with Gasteiger partial charge in [0, 0.05) is 0 Å². The van der Waals surface area contributed by atoms with Crippen molar-refractivity contribution < 1.29 is 4.43 Å². The maximum absolute atomic E-state index is 4.93. The largest absolute Gasteiger partial charge is 0.392 e. The first-order valence-electron chi connectivity index (χ1n) is 2.75. The van der Waals surface area contributed by atoms with Gasteiger partial charge in [-0.05, 0) is 28.2 Å². The first-order valence-corrected chi connectivity index (χ1v) is 3.15. The molecule has 0 saturated heterocycles. The molecule has 0 saturated carbocycles. The van der Waals surface area contributed by atoms with Crippen molar-refractivity contribution in [3.63, 3.8) is 0 Å². The minimum Gasteiger partial charge on any atom is -0.392 e. The Bertz CT molecular complexity index is 69.4. The third-order valence-corrected chi connectivity index (χ3v) is 1.20. The predicted molar refractivity (Wildman–Crippen MR) is 38.0 cm³/mol. The maximum Gasteiger partial charge on any atom is 0.250 e. The van der Waals surface area contributed by atoms with Gasteiger partial charge in [-0.15, -0.1) is 0 Å². The van der Waals surface area contributed by atoms with Crippen molar-refractivity contribution in [1.29, 1.82) is 0 Å². The Morgan fingerprint density at radius 1 is 1.11 bits per heavy atom. The van der Waals surface area contributed by atoms with Crippen molar-refractivity contribution >= 4 is 10.5 Å². The van der Waals surface area contributed by atoms with Gasteiger partial charge in [0.15, 0.2) is 6.35 Å². The van der Waals surface area contributed by atoms with E-state index in [-0.39, 0.29) is 6.35 Å². The highest BCUT2D eigenvalue weighted by Gasteiger charge is 2.09. The van der Waals surface area contributed by atoms with Gasteiger partial charge in [-0.25, -0.2) is 0 Å². The highest BCUT2D eigenvalue weighted by atomic mass is 28.2. The van der Waals surface area contributed by atoms with Crippen LogP contribution in [0.15, 0.2) is 0 Å². The smallest absolute Gasteiger partial charge is 0.250 e. The molecule has 0 spiro atoms. The zero-order valence-corrected chi connectivity index (χ0v) is 7.38. The average molecular weight is 145 g/mol. The molecule has 9 heavy (non-hydrogen) atoms. The van der Waals surface area contributed by atoms with Crippen LogP contribution in [0.25, 0.3) is 0 Å². The van der Waals surface area contributed by atoms with Gasteiger partial charge in [-0.1, -0.05) is 0 Å². The van der Waals surface area contributed by atoms with E-state index in [9.17, 15) is 0 Å². The summed E-state index contributed by atoms with van der Waals surface area (Å²) >= 11 is 0. The lowest BCUT2D eigenvalue weighted by atomic mass is 10.7. The Labute approximate surface area is 60.1 Å². The van der Waals surface area contributed by atoms with E-state index >= 15 is 0 Å². The third-order valence-electron chi connectivity index (χ3n) is 0.989. The average Bonchev–Trinajstić information content (AvgIpc) is 1.64. The fraction of sp³-hybridized carbons (Fsp3) is 1.00. The van der Waals surface area contributed by atoms with E-state index in [0.29, 0.717) is 0 Å². The van der Waals surface area contributed by atoms with Crippen molar-refractivity contribution in [3.8, 4) is 0 Å². The standard InChI is InChI=1S/C5H13N2OSi/c1-6(2)5(8-9)7(3)4/h5H,1-4H3. The molecule has 3 radical (unpaired) electrons. The molecular formula is C5H13N2OSi. The van der Waals surface area contributed by atoms with Crippen LogP contribution in [-0.2, 0) is 4.43 Å². The Morgan fingerprint density at radius 3 is 1.44 bits per heavy atom. The fourth-order valence-electron chi connectivity index (χ4n) is 0.673. The summed E-state index contributed by atoms with van der Waals surface area (Å²) in [5, 5.41) is 0. The lowest BCUT2D eigenvalue weighted by molar-refractivity contribution is -0.0386. The number of hydrogen-bond donors (Lipinski definition) is 0. The van der Waals surface area contributed by atoms with Crippen LogP contribution in [0.2, 0.25) is 0 Å². The predicted octanol–water partition coefficient (Wildman–Crippen LogP) is -0.507. The van der Waals surface area contributed by atoms with E-state index < -0.39 is 0 Å². The van der Waals surface area contributed by atoms with Crippen molar-refractivity contribution in [2.24, 2.45) is 0 Å². The van der Waals surface area contributed by atoms with Gasteiger partial charge in [-0.2, -0.15) is 0 Å². The van der Waals surface area contributed by atoms with Crippen molar-refractivity contribution in [2.75, 3.05) is 28.2 Å². The van der Waals surface area contributed by atoms with Crippen LogP contribution in [0, 0.1) is 0 Å². The summed E-state index contributed by atoms with van der Waals surface area (Å²) in [6, 6.07) is 0. The molecule has 0 aliphatic heterocycles. The number of nitrogens with zero attached hydrogens (tertiary/aromatic N) is 2. The number of hydrogen-bond acceptors (Lipinski definition) is 3. The zero-order chi connectivity index (χ0) is 7.44. The third kappa shape index (κ3) is 2.95. The van der Waals surface area contributed by atoms with Crippen LogP contribution in [-0.4, -0.2) is 54.8 Å². The molecule has 0 fully saturated rings. The van der Waals surface area contributed by atoms with Gasteiger partial charge in [0.2, 0.25) is 10.5 Å². The van der Waals surface area contributed by atoms with E-state index in [0.717, 1.165) is 0 Å². The maximum atomic E-state index is 4.93. The van der Waals surface area contributed by atoms with Gasteiger partial charge < -0.3 is 4.43 Å². The monoisotopic (exact) mass is 145 g/mol. The van der Waals surface area contributed by atoms with Crippen LogP contribution in [0.3, 0.4) is 0 Å². The second kappa shape index (κ2) is 4.00. The molecule has 0 aromatic heterocycles. The highest BCUT2D eigenvalue weighted by Crippen LogP contribution is 1.94. The highest BCUT2D eigenvalue weighted by molar-refractivity contribution is 5.98. The Morgan fingerprint density at radius 2 is 1.44 bits per heavy atom. The molecule has 53 valence electrons. The minimum absolute atomic E-state index is 0.00154. The molecule has 0 unspecified atom stereocenters. The molecule has 0 aromatic carbocycles. The van der Waals surface area contributed by atoms with E-state index in [4.69, 9.17) is 4.43 Å². The molecular weight excluding hydrogens is 132 g/mol. The van der Waals surface area contributed by atoms with Gasteiger partial charge in [0.1, 0.15) is 0 Å². The first-order chi connectivity index (χ1) is 4.09. The Hall–Kier alpha value is 0.0969. The Kier molecular flexibility index (Phi) is 4.04. The molecule has 3 nitrogen and oxygen atoms in total. The molecule has 0 aliphatic rings. The molecule has 0 amide bonds. The lowest BCUT2D eigenvalue weighted by Crippen LogP contribution is -2.42. The summed E-state index contributed by atoms with van der Waals surface area (Å²) in [5.74, 6) is 0. The Balaban J connectivity index is 3.68. The molecule has 4 heteroatoms. The van der Waals surface area contributed by atoms with E-state index in [1.54, 1.807) is 0 Å². The summed E-state index contributed by atoms with van der Waals surface area (Å²) in [4.78, 5) is 3.90. The summed E-state index contributed by atoms with van der Waals surface area (Å²) < 4.78 is 4.93. The summed E-state index contributed by atoms with van der Waals surface area (Å²) in [5.41, 5.74) is 0. The van der Waals surface area contributed by atoms with Crippen molar-refractivity contribution in [1.82, 2.24) is 9.80 Å². The van der Waals surface area contributed by atoms with Crippen LogP contribution in [0.5, 0.6) is 0 Å². The molecule has 0 aliphatic carbocycles. The zero-order valence-electron chi connectivity index (χ0n) is 6.38. The second-order valence-corrected chi connectivity index (χ2v) is 2.61. The van der Waals surface area contributed by atoms with Crippen molar-refractivity contribution in [3.05, 3.63) is 0 Å². The van der Waals surface area contributed by atoms with Gasteiger partial charge >= 0.3 is 0 Å². The SMILES string of the molecule is CN(C)C(O[Si])N(C)C. The van der Waals surface area contributed by atoms with E-state index in [2.05, 4.69) is 10.5 Å². The molecule has 0 atom stereocenters.